The lowest BCUT2D eigenvalue weighted by Gasteiger charge is -2.37. The first-order valence-electron chi connectivity index (χ1n) is 9.64. The number of rotatable bonds is 5. The van der Waals surface area contributed by atoms with E-state index in [-0.39, 0.29) is 23.8 Å². The molecule has 3 rings (SSSR count). The predicted molar refractivity (Wildman–Crippen MR) is 103 cm³/mol. The van der Waals surface area contributed by atoms with Gasteiger partial charge in [0.05, 0.1) is 26.4 Å². The second kappa shape index (κ2) is 9.19. The highest BCUT2D eigenvalue weighted by atomic mass is 16.5. The van der Waals surface area contributed by atoms with Crippen molar-refractivity contribution in [2.75, 3.05) is 51.8 Å². The van der Waals surface area contributed by atoms with Gasteiger partial charge in [-0.1, -0.05) is 0 Å². The van der Waals surface area contributed by atoms with E-state index < -0.39 is 0 Å². The molecule has 1 aromatic rings. The van der Waals surface area contributed by atoms with Gasteiger partial charge in [0.15, 0.2) is 0 Å². The van der Waals surface area contributed by atoms with Crippen molar-refractivity contribution in [1.82, 2.24) is 9.80 Å². The van der Waals surface area contributed by atoms with Gasteiger partial charge < -0.3 is 19.7 Å². The summed E-state index contributed by atoms with van der Waals surface area (Å²) in [4.78, 5) is 29.3. The molecule has 27 heavy (non-hydrogen) atoms. The summed E-state index contributed by atoms with van der Waals surface area (Å²) >= 11 is 0. The third kappa shape index (κ3) is 4.99. The number of anilines is 1. The van der Waals surface area contributed by atoms with Crippen molar-refractivity contribution in [3.05, 3.63) is 24.3 Å². The molecule has 0 unspecified atom stereocenters. The molecule has 0 saturated carbocycles. The molecule has 0 bridgehead atoms. The van der Waals surface area contributed by atoms with Crippen LogP contribution >= 0.6 is 0 Å². The van der Waals surface area contributed by atoms with Crippen molar-refractivity contribution in [3.63, 3.8) is 0 Å². The molecular weight excluding hydrogens is 346 g/mol. The summed E-state index contributed by atoms with van der Waals surface area (Å²) in [5, 5.41) is 2.95. The average molecular weight is 375 g/mol. The summed E-state index contributed by atoms with van der Waals surface area (Å²) < 4.78 is 10.5. The summed E-state index contributed by atoms with van der Waals surface area (Å²) in [6, 6.07) is 7.07. The maximum atomic E-state index is 12.6. The largest absolute Gasteiger partial charge is 0.497 e. The number of methoxy groups -OCH3 is 1. The molecule has 2 aliphatic heterocycles. The van der Waals surface area contributed by atoms with Crippen LogP contribution < -0.4 is 10.1 Å². The summed E-state index contributed by atoms with van der Waals surface area (Å²) in [6.45, 7) is 6.10. The summed E-state index contributed by atoms with van der Waals surface area (Å²) in [6.07, 6.45) is 1.60. The standard InChI is InChI=1S/C20H29N3O4/c1-15(19(24)21-17-3-5-18(26-2)6-4-17)22-9-7-16(8-10-22)20(25)23-11-13-27-14-12-23/h3-6,15-16H,7-14H2,1-2H3,(H,21,24)/t15-/m1/s1. The van der Waals surface area contributed by atoms with Crippen molar-refractivity contribution in [2.24, 2.45) is 5.92 Å². The quantitative estimate of drug-likeness (QED) is 0.846. The first-order valence-corrected chi connectivity index (χ1v) is 9.64. The second-order valence-corrected chi connectivity index (χ2v) is 7.14. The number of hydrogen-bond acceptors (Lipinski definition) is 5. The Bertz CT molecular complexity index is 635. The highest BCUT2D eigenvalue weighted by Gasteiger charge is 2.32. The van der Waals surface area contributed by atoms with Crippen LogP contribution in [0.2, 0.25) is 0 Å². The van der Waals surface area contributed by atoms with Gasteiger partial charge in [-0.2, -0.15) is 0 Å². The number of nitrogens with zero attached hydrogens (tertiary/aromatic N) is 2. The van der Waals surface area contributed by atoms with Gasteiger partial charge in [0.1, 0.15) is 5.75 Å². The van der Waals surface area contributed by atoms with Crippen LogP contribution in [0.1, 0.15) is 19.8 Å². The Morgan fingerprint density at radius 3 is 2.33 bits per heavy atom. The normalized spacial score (nSPS) is 20.1. The van der Waals surface area contributed by atoms with E-state index in [2.05, 4.69) is 10.2 Å². The molecular formula is C20H29N3O4. The third-order valence-electron chi connectivity index (χ3n) is 5.49. The highest BCUT2D eigenvalue weighted by molar-refractivity contribution is 5.94. The van der Waals surface area contributed by atoms with Crippen LogP contribution in [0.4, 0.5) is 5.69 Å². The molecule has 2 aliphatic rings. The van der Waals surface area contributed by atoms with Gasteiger partial charge in [0.25, 0.3) is 0 Å². The zero-order valence-corrected chi connectivity index (χ0v) is 16.1. The van der Waals surface area contributed by atoms with Gasteiger partial charge in [0, 0.05) is 24.7 Å². The number of carbonyl (C=O) groups is 2. The Labute approximate surface area is 160 Å². The van der Waals surface area contributed by atoms with Crippen molar-refractivity contribution in [3.8, 4) is 5.75 Å². The lowest BCUT2D eigenvalue weighted by molar-refractivity contribution is -0.141. The maximum absolute atomic E-state index is 12.6. The van der Waals surface area contributed by atoms with Crippen molar-refractivity contribution >= 4 is 17.5 Å². The van der Waals surface area contributed by atoms with Crippen molar-refractivity contribution in [1.29, 1.82) is 0 Å². The monoisotopic (exact) mass is 375 g/mol. The highest BCUT2D eigenvalue weighted by Crippen LogP contribution is 2.22. The van der Waals surface area contributed by atoms with E-state index >= 15 is 0 Å². The molecule has 1 N–H and O–H groups in total. The molecule has 7 nitrogen and oxygen atoms in total. The third-order valence-corrected chi connectivity index (χ3v) is 5.49. The van der Waals surface area contributed by atoms with E-state index in [1.54, 1.807) is 7.11 Å². The van der Waals surface area contributed by atoms with Gasteiger partial charge in [0.2, 0.25) is 11.8 Å². The van der Waals surface area contributed by atoms with E-state index in [0.717, 1.165) is 37.4 Å². The second-order valence-electron chi connectivity index (χ2n) is 7.14. The van der Waals surface area contributed by atoms with E-state index in [4.69, 9.17) is 9.47 Å². The number of likely N-dealkylation sites (tertiary alicyclic amines) is 1. The van der Waals surface area contributed by atoms with Crippen LogP contribution in [-0.2, 0) is 14.3 Å². The van der Waals surface area contributed by atoms with Crippen LogP contribution in [0.25, 0.3) is 0 Å². The van der Waals surface area contributed by atoms with Gasteiger partial charge >= 0.3 is 0 Å². The fourth-order valence-corrected chi connectivity index (χ4v) is 3.66. The molecule has 2 amide bonds. The molecule has 0 aliphatic carbocycles. The summed E-state index contributed by atoms with van der Waals surface area (Å²) in [5.41, 5.74) is 0.755. The van der Waals surface area contributed by atoms with Crippen LogP contribution in [0.5, 0.6) is 5.75 Å². The Hall–Kier alpha value is -2.12. The zero-order valence-electron chi connectivity index (χ0n) is 16.1. The number of nitrogens with one attached hydrogen (secondary N) is 1. The van der Waals surface area contributed by atoms with Crippen molar-refractivity contribution < 1.29 is 19.1 Å². The van der Waals surface area contributed by atoms with Gasteiger partial charge in [-0.3, -0.25) is 14.5 Å². The molecule has 2 heterocycles. The minimum absolute atomic E-state index is 0.0295. The van der Waals surface area contributed by atoms with Crippen LogP contribution in [0.3, 0.4) is 0 Å². The molecule has 2 saturated heterocycles. The van der Waals surface area contributed by atoms with Crippen LogP contribution in [0, 0.1) is 5.92 Å². The zero-order chi connectivity index (χ0) is 19.2. The van der Waals surface area contributed by atoms with Gasteiger partial charge in [-0.15, -0.1) is 0 Å². The smallest absolute Gasteiger partial charge is 0.241 e. The first kappa shape index (κ1) is 19.6. The fraction of sp³-hybridized carbons (Fsp3) is 0.600. The number of benzene rings is 1. The predicted octanol–water partition coefficient (Wildman–Crippen LogP) is 1.59. The molecule has 148 valence electrons. The van der Waals surface area contributed by atoms with Crippen LogP contribution in [0.15, 0.2) is 24.3 Å². The number of piperidine rings is 1. The number of carbonyl (C=O) groups excluding carboxylic acids is 2. The average Bonchev–Trinajstić information content (AvgIpc) is 2.74. The maximum Gasteiger partial charge on any atom is 0.241 e. The molecule has 1 aromatic carbocycles. The Morgan fingerprint density at radius 1 is 1.11 bits per heavy atom. The van der Waals surface area contributed by atoms with E-state index in [9.17, 15) is 9.59 Å². The lowest BCUT2D eigenvalue weighted by Crippen LogP contribution is -2.50. The summed E-state index contributed by atoms with van der Waals surface area (Å²) in [7, 11) is 1.61. The Kier molecular flexibility index (Phi) is 6.68. The van der Waals surface area contributed by atoms with Crippen LogP contribution in [-0.4, -0.2) is 74.2 Å². The number of morpholine rings is 1. The number of ether oxygens (including phenoxy) is 2. The molecule has 2 fully saturated rings. The number of amides is 2. The Balaban J connectivity index is 1.47. The Morgan fingerprint density at radius 2 is 1.74 bits per heavy atom. The minimum atomic E-state index is -0.230. The van der Waals surface area contributed by atoms with E-state index in [0.29, 0.717) is 26.3 Å². The van der Waals surface area contributed by atoms with Crippen molar-refractivity contribution in [2.45, 2.75) is 25.8 Å². The van der Waals surface area contributed by atoms with E-state index in [1.807, 2.05) is 36.1 Å². The minimum Gasteiger partial charge on any atom is -0.497 e. The molecule has 0 radical (unpaired) electrons. The molecule has 1 atom stereocenters. The molecule has 0 spiro atoms. The van der Waals surface area contributed by atoms with E-state index in [1.165, 1.54) is 0 Å². The molecule has 0 aromatic heterocycles. The topological polar surface area (TPSA) is 71.1 Å². The lowest BCUT2D eigenvalue weighted by atomic mass is 9.94. The SMILES string of the molecule is COc1ccc(NC(=O)[C@@H](C)N2CCC(C(=O)N3CCOCC3)CC2)cc1. The summed E-state index contributed by atoms with van der Waals surface area (Å²) in [5.74, 6) is 1.04. The van der Waals surface area contributed by atoms with Gasteiger partial charge in [-0.05, 0) is 57.1 Å². The van der Waals surface area contributed by atoms with Gasteiger partial charge in [-0.25, -0.2) is 0 Å². The first-order chi connectivity index (χ1) is 13.1. The fourth-order valence-electron chi connectivity index (χ4n) is 3.66. The molecule has 7 heteroatoms. The number of hydrogen-bond donors (Lipinski definition) is 1.